The van der Waals surface area contributed by atoms with Gasteiger partial charge in [-0.3, -0.25) is 9.59 Å². The van der Waals surface area contributed by atoms with Crippen LogP contribution < -0.4 is 11.3 Å². The number of nitrogens with two attached hydrogens (primary N) is 1. The summed E-state index contributed by atoms with van der Waals surface area (Å²) in [4.78, 5) is 24.7. The number of aromatic amines is 1. The number of aromatic nitrogens is 2. The highest BCUT2D eigenvalue weighted by Crippen LogP contribution is 2.18. The Labute approximate surface area is 108 Å². The minimum atomic E-state index is -0.357. The van der Waals surface area contributed by atoms with Gasteiger partial charge in [0.25, 0.3) is 11.5 Å². The smallest absolute Gasteiger partial charge is 0.274 e. The molecule has 4 N–H and O–H groups in total. The maximum absolute atomic E-state index is 12.2. The van der Waals surface area contributed by atoms with E-state index in [0.717, 1.165) is 12.8 Å². The van der Waals surface area contributed by atoms with Crippen LogP contribution in [0.5, 0.6) is 0 Å². The Balaban J connectivity index is 2.11. The molecular formula is C11H15N5O3. The van der Waals surface area contributed by atoms with Crippen molar-refractivity contribution in [1.82, 2.24) is 15.1 Å². The molecule has 0 radical (unpaired) electrons. The number of carbonyl (C=O) groups is 1. The van der Waals surface area contributed by atoms with Crippen molar-refractivity contribution in [3.8, 4) is 0 Å². The van der Waals surface area contributed by atoms with Crippen LogP contribution in [0.2, 0.25) is 0 Å². The van der Waals surface area contributed by atoms with Crippen molar-refractivity contribution in [2.45, 2.75) is 12.8 Å². The van der Waals surface area contributed by atoms with Crippen molar-refractivity contribution >= 4 is 11.7 Å². The molecule has 0 saturated carbocycles. The minimum Gasteiger partial charge on any atom is -0.409 e. The summed E-state index contributed by atoms with van der Waals surface area (Å²) < 4.78 is 0. The van der Waals surface area contributed by atoms with E-state index in [4.69, 9.17) is 10.9 Å². The number of nitrogens with zero attached hydrogens (tertiary/aromatic N) is 3. The lowest BCUT2D eigenvalue weighted by molar-refractivity contribution is 0.0694. The molecule has 0 aliphatic carbocycles. The third-order valence-corrected chi connectivity index (χ3v) is 3.14. The van der Waals surface area contributed by atoms with E-state index in [1.807, 2.05) is 0 Å². The van der Waals surface area contributed by atoms with Gasteiger partial charge in [0, 0.05) is 25.1 Å². The van der Waals surface area contributed by atoms with Crippen molar-refractivity contribution in [1.29, 1.82) is 0 Å². The quantitative estimate of drug-likeness (QED) is 0.284. The summed E-state index contributed by atoms with van der Waals surface area (Å²) in [5, 5.41) is 17.6. The van der Waals surface area contributed by atoms with E-state index >= 15 is 0 Å². The van der Waals surface area contributed by atoms with E-state index in [-0.39, 0.29) is 28.9 Å². The predicted octanol–water partition coefficient (Wildman–Crippen LogP) is -0.632. The van der Waals surface area contributed by atoms with E-state index in [2.05, 4.69) is 15.4 Å². The molecule has 19 heavy (non-hydrogen) atoms. The number of H-pyrrole nitrogens is 1. The number of carbonyl (C=O) groups excluding carboxylic acids is 1. The molecular weight excluding hydrogens is 250 g/mol. The molecule has 0 aromatic carbocycles. The first-order valence-corrected chi connectivity index (χ1v) is 5.94. The fourth-order valence-electron chi connectivity index (χ4n) is 2.11. The largest absolute Gasteiger partial charge is 0.409 e. The number of oxime groups is 1. The molecule has 1 atom stereocenters. The molecule has 1 unspecified atom stereocenters. The maximum Gasteiger partial charge on any atom is 0.274 e. The van der Waals surface area contributed by atoms with Crippen LogP contribution in [-0.4, -0.2) is 45.1 Å². The molecule has 2 heterocycles. The average Bonchev–Trinajstić information content (AvgIpc) is 2.46. The second-order valence-electron chi connectivity index (χ2n) is 4.42. The topological polar surface area (TPSA) is 125 Å². The van der Waals surface area contributed by atoms with Crippen LogP contribution in [0.4, 0.5) is 0 Å². The van der Waals surface area contributed by atoms with Crippen molar-refractivity contribution in [2.24, 2.45) is 16.8 Å². The summed E-state index contributed by atoms with van der Waals surface area (Å²) >= 11 is 0. The number of amidine groups is 1. The third-order valence-electron chi connectivity index (χ3n) is 3.14. The van der Waals surface area contributed by atoms with Crippen LogP contribution in [0.3, 0.4) is 0 Å². The van der Waals surface area contributed by atoms with Crippen molar-refractivity contribution < 1.29 is 10.0 Å². The monoisotopic (exact) mass is 265 g/mol. The molecule has 0 bridgehead atoms. The summed E-state index contributed by atoms with van der Waals surface area (Å²) in [5.74, 6) is -0.288. The predicted molar refractivity (Wildman–Crippen MR) is 66.9 cm³/mol. The molecule has 8 heteroatoms. The van der Waals surface area contributed by atoms with Gasteiger partial charge in [0.1, 0.15) is 11.5 Å². The van der Waals surface area contributed by atoms with E-state index < -0.39 is 0 Å². The highest BCUT2D eigenvalue weighted by Gasteiger charge is 2.27. The van der Waals surface area contributed by atoms with Gasteiger partial charge in [-0.1, -0.05) is 5.16 Å². The number of nitrogens with one attached hydrogen (secondary N) is 1. The number of hydrogen-bond donors (Lipinski definition) is 3. The number of amides is 1. The molecule has 0 spiro atoms. The van der Waals surface area contributed by atoms with Crippen molar-refractivity contribution in [2.75, 3.05) is 13.1 Å². The van der Waals surface area contributed by atoms with Crippen molar-refractivity contribution in [3.05, 3.63) is 28.2 Å². The van der Waals surface area contributed by atoms with Gasteiger partial charge >= 0.3 is 0 Å². The third kappa shape index (κ3) is 2.90. The highest BCUT2D eigenvalue weighted by atomic mass is 16.4. The van der Waals surface area contributed by atoms with Crippen LogP contribution in [0.15, 0.2) is 22.1 Å². The van der Waals surface area contributed by atoms with E-state index in [1.54, 1.807) is 4.90 Å². The first-order valence-electron chi connectivity index (χ1n) is 5.94. The summed E-state index contributed by atoms with van der Waals surface area (Å²) in [5.41, 5.74) is 5.39. The average molecular weight is 265 g/mol. The standard InChI is InChI=1S/C11H15N5O3/c12-10(15-19)7-2-1-5-16(6-7)11(18)8-3-4-9(17)14-13-8/h3-4,7,19H,1-2,5-6H2,(H2,12,15)(H,14,17). The number of piperidine rings is 1. The molecule has 2 rings (SSSR count). The number of likely N-dealkylation sites (tertiary alicyclic amines) is 1. The lowest BCUT2D eigenvalue weighted by atomic mass is 9.97. The molecule has 1 aliphatic heterocycles. The number of rotatable bonds is 2. The van der Waals surface area contributed by atoms with Crippen LogP contribution >= 0.6 is 0 Å². The second kappa shape index (κ2) is 5.51. The molecule has 8 nitrogen and oxygen atoms in total. The van der Waals surface area contributed by atoms with Crippen LogP contribution in [0, 0.1) is 5.92 Å². The maximum atomic E-state index is 12.2. The first-order chi connectivity index (χ1) is 9.11. The molecule has 1 aliphatic rings. The normalized spacial score (nSPS) is 20.3. The second-order valence-corrected chi connectivity index (χ2v) is 4.42. The van der Waals surface area contributed by atoms with Gasteiger partial charge in [-0.2, -0.15) is 5.10 Å². The van der Waals surface area contributed by atoms with E-state index in [0.29, 0.717) is 13.1 Å². The lowest BCUT2D eigenvalue weighted by Crippen LogP contribution is -2.44. The first kappa shape index (κ1) is 13.1. The summed E-state index contributed by atoms with van der Waals surface area (Å²) in [6, 6.07) is 2.64. The zero-order chi connectivity index (χ0) is 13.8. The number of hydrogen-bond acceptors (Lipinski definition) is 5. The van der Waals surface area contributed by atoms with Crippen LogP contribution in [-0.2, 0) is 0 Å². The Morgan fingerprint density at radius 1 is 1.58 bits per heavy atom. The Hall–Kier alpha value is -2.38. The zero-order valence-electron chi connectivity index (χ0n) is 10.2. The summed E-state index contributed by atoms with van der Waals surface area (Å²) in [6.45, 7) is 0.977. The van der Waals surface area contributed by atoms with Gasteiger partial charge in [0.15, 0.2) is 0 Å². The summed E-state index contributed by atoms with van der Waals surface area (Å²) in [7, 11) is 0. The van der Waals surface area contributed by atoms with Gasteiger partial charge in [-0.25, -0.2) is 5.10 Å². The fraction of sp³-hybridized carbons (Fsp3) is 0.455. The Morgan fingerprint density at radius 3 is 3.00 bits per heavy atom. The van der Waals surface area contributed by atoms with Gasteiger partial charge in [-0.05, 0) is 18.9 Å². The molecule has 1 aromatic rings. The Bertz CT molecular complexity index is 533. The van der Waals surface area contributed by atoms with E-state index in [9.17, 15) is 9.59 Å². The van der Waals surface area contributed by atoms with Crippen LogP contribution in [0.1, 0.15) is 23.3 Å². The zero-order valence-corrected chi connectivity index (χ0v) is 10.2. The van der Waals surface area contributed by atoms with Crippen molar-refractivity contribution in [3.63, 3.8) is 0 Å². The molecule has 1 aromatic heterocycles. The van der Waals surface area contributed by atoms with E-state index in [1.165, 1.54) is 12.1 Å². The molecule has 1 saturated heterocycles. The van der Waals surface area contributed by atoms with Gasteiger partial charge in [0.05, 0.1) is 0 Å². The highest BCUT2D eigenvalue weighted by molar-refractivity contribution is 5.92. The fourth-order valence-corrected chi connectivity index (χ4v) is 2.11. The minimum absolute atomic E-state index is 0.131. The molecule has 1 fully saturated rings. The Morgan fingerprint density at radius 2 is 2.37 bits per heavy atom. The SMILES string of the molecule is N/C(=N/O)C1CCCN(C(=O)c2ccc(=O)[nH]n2)C1. The van der Waals surface area contributed by atoms with Gasteiger partial charge < -0.3 is 15.8 Å². The molecule has 102 valence electrons. The molecule has 1 amide bonds. The van der Waals surface area contributed by atoms with Gasteiger partial charge in [-0.15, -0.1) is 0 Å². The van der Waals surface area contributed by atoms with Crippen LogP contribution in [0.25, 0.3) is 0 Å². The van der Waals surface area contributed by atoms with Gasteiger partial charge in [0.2, 0.25) is 0 Å². The summed E-state index contributed by atoms with van der Waals surface area (Å²) in [6.07, 6.45) is 1.55. The lowest BCUT2D eigenvalue weighted by Gasteiger charge is -2.31. The Kier molecular flexibility index (Phi) is 3.79.